The van der Waals surface area contributed by atoms with Gasteiger partial charge < -0.3 is 10.1 Å². The first kappa shape index (κ1) is 23.9. The fourth-order valence-corrected chi connectivity index (χ4v) is 6.50. The van der Waals surface area contributed by atoms with Crippen LogP contribution in [0, 0.1) is 13.8 Å². The van der Waals surface area contributed by atoms with E-state index >= 15 is 0 Å². The molecule has 1 aliphatic rings. The molecule has 9 heteroatoms. The molecule has 0 saturated heterocycles. The third kappa shape index (κ3) is 5.45. The van der Waals surface area contributed by atoms with Crippen LogP contribution >= 0.6 is 22.9 Å². The number of hydrogen-bond acceptors (Lipinski definition) is 6. The third-order valence-corrected chi connectivity index (χ3v) is 8.82. The van der Waals surface area contributed by atoms with Crippen molar-refractivity contribution in [2.45, 2.75) is 56.9 Å². The normalized spacial score (nSPS) is 14.8. The Morgan fingerprint density at radius 1 is 1.09 bits per heavy atom. The lowest BCUT2D eigenvalue weighted by molar-refractivity contribution is 0.403. The molecule has 1 fully saturated rings. The summed E-state index contributed by atoms with van der Waals surface area (Å²) < 4.78 is 34.5. The van der Waals surface area contributed by atoms with Crippen molar-refractivity contribution in [1.82, 2.24) is 4.98 Å². The number of aryl methyl sites for hydroxylation is 2. The maximum absolute atomic E-state index is 13.3. The topological polar surface area (TPSA) is 80.3 Å². The minimum Gasteiger partial charge on any atom is -0.495 e. The van der Waals surface area contributed by atoms with E-state index in [-0.39, 0.29) is 10.6 Å². The number of aromatic nitrogens is 1. The van der Waals surface area contributed by atoms with Crippen LogP contribution in [0.5, 0.6) is 5.75 Å². The van der Waals surface area contributed by atoms with E-state index in [4.69, 9.17) is 21.3 Å². The smallest absolute Gasteiger partial charge is 0.265 e. The lowest BCUT2D eigenvalue weighted by Crippen LogP contribution is -2.21. The van der Waals surface area contributed by atoms with Gasteiger partial charge in [-0.1, -0.05) is 42.2 Å². The number of benzene rings is 2. The Kier molecular flexibility index (Phi) is 7.16. The molecule has 0 spiro atoms. The van der Waals surface area contributed by atoms with E-state index in [1.54, 1.807) is 41.7 Å². The SMILES string of the molecule is COc1ccc(-c2sc(NC3CCCCC3)nc2C)cc1S(=O)(=O)Nc1ccc(Cl)c(C)c1. The van der Waals surface area contributed by atoms with Crippen molar-refractivity contribution in [3.8, 4) is 16.2 Å². The molecular weight excluding hydrogens is 478 g/mol. The molecule has 1 aliphatic carbocycles. The van der Waals surface area contributed by atoms with Gasteiger partial charge in [0.15, 0.2) is 5.13 Å². The Morgan fingerprint density at radius 3 is 2.55 bits per heavy atom. The minimum absolute atomic E-state index is 0.0738. The van der Waals surface area contributed by atoms with Gasteiger partial charge >= 0.3 is 0 Å². The van der Waals surface area contributed by atoms with Crippen molar-refractivity contribution in [2.75, 3.05) is 17.1 Å². The average molecular weight is 506 g/mol. The zero-order valence-electron chi connectivity index (χ0n) is 18.9. The third-order valence-electron chi connectivity index (χ3n) is 5.85. The van der Waals surface area contributed by atoms with Gasteiger partial charge in [0.1, 0.15) is 10.6 Å². The van der Waals surface area contributed by atoms with Gasteiger partial charge in [-0.15, -0.1) is 0 Å². The molecule has 6 nitrogen and oxygen atoms in total. The van der Waals surface area contributed by atoms with E-state index in [9.17, 15) is 8.42 Å². The second-order valence-corrected chi connectivity index (χ2v) is 11.4. The maximum Gasteiger partial charge on any atom is 0.265 e. The highest BCUT2D eigenvalue weighted by Crippen LogP contribution is 2.38. The molecule has 2 N–H and O–H groups in total. The number of ether oxygens (including phenoxy) is 1. The number of rotatable bonds is 7. The molecule has 0 radical (unpaired) electrons. The zero-order chi connectivity index (χ0) is 23.6. The van der Waals surface area contributed by atoms with E-state index in [0.29, 0.717) is 16.8 Å². The molecule has 0 unspecified atom stereocenters. The molecule has 1 aromatic heterocycles. The Morgan fingerprint density at radius 2 is 1.85 bits per heavy atom. The van der Waals surface area contributed by atoms with E-state index in [0.717, 1.165) is 39.7 Å². The van der Waals surface area contributed by atoms with Crippen LogP contribution < -0.4 is 14.8 Å². The van der Waals surface area contributed by atoms with Gasteiger partial charge in [-0.2, -0.15) is 0 Å². The fraction of sp³-hybridized carbons (Fsp3) is 0.375. The highest BCUT2D eigenvalue weighted by atomic mass is 35.5. The van der Waals surface area contributed by atoms with Gasteiger partial charge in [0.25, 0.3) is 10.0 Å². The summed E-state index contributed by atoms with van der Waals surface area (Å²) in [5.41, 5.74) is 2.89. The number of methoxy groups -OCH3 is 1. The molecule has 0 amide bonds. The molecule has 0 atom stereocenters. The molecule has 3 aromatic rings. The molecular formula is C24H28ClN3O3S2. The molecule has 2 aromatic carbocycles. The molecule has 4 rings (SSSR count). The summed E-state index contributed by atoms with van der Waals surface area (Å²) in [4.78, 5) is 5.71. The Hall–Kier alpha value is -2.29. The van der Waals surface area contributed by atoms with Gasteiger partial charge in [-0.05, 0) is 74.2 Å². The van der Waals surface area contributed by atoms with Crippen molar-refractivity contribution in [2.24, 2.45) is 0 Å². The molecule has 176 valence electrons. The van der Waals surface area contributed by atoms with Crippen LogP contribution in [-0.2, 0) is 10.0 Å². The van der Waals surface area contributed by atoms with Gasteiger partial charge in [-0.25, -0.2) is 13.4 Å². The predicted molar refractivity (Wildman–Crippen MR) is 136 cm³/mol. The summed E-state index contributed by atoms with van der Waals surface area (Å²) in [6.45, 7) is 3.78. The van der Waals surface area contributed by atoms with Crippen molar-refractivity contribution < 1.29 is 13.2 Å². The van der Waals surface area contributed by atoms with Gasteiger partial charge in [0.05, 0.1) is 17.7 Å². The highest BCUT2D eigenvalue weighted by Gasteiger charge is 2.23. The van der Waals surface area contributed by atoms with E-state index in [2.05, 4.69) is 10.0 Å². The van der Waals surface area contributed by atoms with Crippen LogP contribution in [-0.4, -0.2) is 26.6 Å². The van der Waals surface area contributed by atoms with Gasteiger partial charge in [0, 0.05) is 16.8 Å². The van der Waals surface area contributed by atoms with Crippen molar-refractivity contribution >= 4 is 43.8 Å². The first-order valence-corrected chi connectivity index (χ1v) is 13.7. The highest BCUT2D eigenvalue weighted by molar-refractivity contribution is 7.92. The number of sulfonamides is 1. The van der Waals surface area contributed by atoms with Gasteiger partial charge in [0.2, 0.25) is 0 Å². The summed E-state index contributed by atoms with van der Waals surface area (Å²) in [5, 5.41) is 5.02. The zero-order valence-corrected chi connectivity index (χ0v) is 21.3. The van der Waals surface area contributed by atoms with Crippen LogP contribution in [0.25, 0.3) is 10.4 Å². The van der Waals surface area contributed by atoms with E-state index in [1.165, 1.54) is 26.4 Å². The maximum atomic E-state index is 13.3. The summed E-state index contributed by atoms with van der Waals surface area (Å²) in [6.07, 6.45) is 6.11. The molecule has 0 bridgehead atoms. The van der Waals surface area contributed by atoms with Crippen LogP contribution in [0.2, 0.25) is 5.02 Å². The summed E-state index contributed by atoms with van der Waals surface area (Å²) in [5.74, 6) is 0.277. The summed E-state index contributed by atoms with van der Waals surface area (Å²) >= 11 is 7.63. The van der Waals surface area contributed by atoms with Crippen LogP contribution in [0.4, 0.5) is 10.8 Å². The van der Waals surface area contributed by atoms with Crippen LogP contribution in [0.3, 0.4) is 0 Å². The first-order chi connectivity index (χ1) is 15.8. The molecule has 1 saturated carbocycles. The second kappa shape index (κ2) is 9.91. The lowest BCUT2D eigenvalue weighted by Gasteiger charge is -2.22. The number of halogens is 1. The lowest BCUT2D eigenvalue weighted by atomic mass is 9.96. The second-order valence-electron chi connectivity index (χ2n) is 8.35. The monoisotopic (exact) mass is 505 g/mol. The number of thiazole rings is 1. The predicted octanol–water partition coefficient (Wildman–Crippen LogP) is 6.63. The minimum atomic E-state index is -3.89. The summed E-state index contributed by atoms with van der Waals surface area (Å²) in [6, 6.07) is 10.7. The summed E-state index contributed by atoms with van der Waals surface area (Å²) in [7, 11) is -2.43. The number of hydrogen-bond donors (Lipinski definition) is 2. The van der Waals surface area contributed by atoms with E-state index < -0.39 is 10.0 Å². The molecule has 1 heterocycles. The van der Waals surface area contributed by atoms with Crippen molar-refractivity contribution in [3.63, 3.8) is 0 Å². The standard InChI is InChI=1S/C24H28ClN3O3S2/c1-15-13-19(10-11-20(15)25)28-33(29,30)22-14-17(9-12-21(22)31-3)23-16(2)26-24(32-23)27-18-7-5-4-6-8-18/h9-14,18,28H,4-8H2,1-3H3,(H,26,27). The van der Waals surface area contributed by atoms with Crippen LogP contribution in [0.15, 0.2) is 41.3 Å². The van der Waals surface area contributed by atoms with Crippen molar-refractivity contribution in [3.05, 3.63) is 52.7 Å². The first-order valence-electron chi connectivity index (χ1n) is 11.0. The van der Waals surface area contributed by atoms with Crippen LogP contribution in [0.1, 0.15) is 43.4 Å². The Labute approximate surface area is 204 Å². The Bertz CT molecular complexity index is 1250. The largest absolute Gasteiger partial charge is 0.495 e. The number of nitrogens with one attached hydrogen (secondary N) is 2. The number of nitrogens with zero attached hydrogens (tertiary/aromatic N) is 1. The molecule has 33 heavy (non-hydrogen) atoms. The molecule has 0 aliphatic heterocycles. The van der Waals surface area contributed by atoms with E-state index in [1.807, 2.05) is 19.9 Å². The number of anilines is 2. The Balaban J connectivity index is 1.64. The fourth-order valence-electron chi connectivity index (χ4n) is 4.09. The van der Waals surface area contributed by atoms with Gasteiger partial charge in [-0.3, -0.25) is 4.72 Å². The quantitative estimate of drug-likeness (QED) is 0.376. The average Bonchev–Trinajstić information content (AvgIpc) is 3.16. The van der Waals surface area contributed by atoms with Crippen molar-refractivity contribution in [1.29, 1.82) is 0 Å².